The largest absolute Gasteiger partial charge is 0.631 e. The van der Waals surface area contributed by atoms with Gasteiger partial charge in [0.2, 0.25) is 0 Å². The van der Waals surface area contributed by atoms with Crippen LogP contribution < -0.4 is 0 Å². The SMILES string of the molecule is O=S(=O)(O)O.OB(O)O. The minimum Gasteiger partial charge on any atom is -0.402 e. The van der Waals surface area contributed by atoms with Gasteiger partial charge in [-0.2, -0.15) is 8.42 Å². The number of hydrogen-bond donors (Lipinski definition) is 5. The monoisotopic (exact) mass is 160 g/mol. The van der Waals surface area contributed by atoms with Crippen molar-refractivity contribution in [3.8, 4) is 0 Å². The third-order valence-electron chi connectivity index (χ3n) is 0. The van der Waals surface area contributed by atoms with Crippen molar-refractivity contribution in [1.29, 1.82) is 0 Å². The van der Waals surface area contributed by atoms with Gasteiger partial charge in [0.25, 0.3) is 0 Å². The standard InChI is InChI=1S/BH3O3.H2O4S/c2-1(3)4;1-5(2,3)4/h2-4H;(H2,1,2,3,4). The Morgan fingerprint density at radius 3 is 1.00 bits per heavy atom. The molecule has 0 rings (SSSR count). The Morgan fingerprint density at radius 2 is 1.00 bits per heavy atom. The van der Waals surface area contributed by atoms with Crippen LogP contribution in [0.1, 0.15) is 0 Å². The highest BCUT2D eigenvalue weighted by atomic mass is 32.3. The van der Waals surface area contributed by atoms with Gasteiger partial charge in [0.05, 0.1) is 0 Å². The first kappa shape index (κ1) is 11.6. The molecule has 0 bridgehead atoms. The molecule has 56 valence electrons. The molecule has 9 heteroatoms. The molecule has 0 unspecified atom stereocenters. The van der Waals surface area contributed by atoms with Crippen LogP contribution >= 0.6 is 0 Å². The minimum absolute atomic E-state index is 2.17. The zero-order valence-electron chi connectivity index (χ0n) is 4.04. The molecule has 0 atom stereocenters. The maximum absolute atomic E-state index is 8.74. The molecule has 0 aromatic carbocycles. The van der Waals surface area contributed by atoms with E-state index in [1.54, 1.807) is 0 Å². The molecular formula is H5BO7S. The van der Waals surface area contributed by atoms with Gasteiger partial charge < -0.3 is 15.1 Å². The molecule has 0 saturated heterocycles. The summed E-state index contributed by atoms with van der Waals surface area (Å²) in [4.78, 5) is 0. The molecular weight excluding hydrogens is 155 g/mol. The van der Waals surface area contributed by atoms with E-state index in [2.05, 4.69) is 0 Å². The van der Waals surface area contributed by atoms with Crippen LogP contribution in [0.25, 0.3) is 0 Å². The first-order valence-electron chi connectivity index (χ1n) is 1.47. The van der Waals surface area contributed by atoms with Gasteiger partial charge in [-0.25, -0.2) is 0 Å². The average molecular weight is 160 g/mol. The first-order chi connectivity index (χ1) is 3.73. The molecule has 0 spiro atoms. The van der Waals surface area contributed by atoms with Crippen molar-refractivity contribution in [2.24, 2.45) is 0 Å². The Balaban J connectivity index is 0. The molecule has 0 radical (unpaired) electrons. The van der Waals surface area contributed by atoms with Gasteiger partial charge in [0, 0.05) is 0 Å². The van der Waals surface area contributed by atoms with E-state index >= 15 is 0 Å². The van der Waals surface area contributed by atoms with E-state index < -0.39 is 17.7 Å². The summed E-state index contributed by atoms with van der Waals surface area (Å²) in [7, 11) is -6.83. The number of hydrogen-bond acceptors (Lipinski definition) is 5. The van der Waals surface area contributed by atoms with E-state index in [1.807, 2.05) is 0 Å². The molecule has 0 amide bonds. The second-order valence-corrected chi connectivity index (χ2v) is 1.69. The summed E-state index contributed by atoms with van der Waals surface area (Å²) in [6.07, 6.45) is 0. The summed E-state index contributed by atoms with van der Waals surface area (Å²) >= 11 is 0. The van der Waals surface area contributed by atoms with Crippen molar-refractivity contribution in [3.05, 3.63) is 0 Å². The van der Waals surface area contributed by atoms with Crippen LogP contribution in [0.2, 0.25) is 0 Å². The van der Waals surface area contributed by atoms with Crippen molar-refractivity contribution in [2.75, 3.05) is 0 Å². The maximum Gasteiger partial charge on any atom is 0.631 e. The lowest BCUT2D eigenvalue weighted by atomic mass is 10.3. The Hall–Kier alpha value is -0.185. The molecule has 7 nitrogen and oxygen atoms in total. The predicted molar refractivity (Wildman–Crippen MR) is 26.6 cm³/mol. The minimum atomic E-state index is -4.67. The molecule has 0 aliphatic carbocycles. The second kappa shape index (κ2) is 4.67. The predicted octanol–water partition coefficient (Wildman–Crippen LogP) is -2.70. The summed E-state index contributed by atoms with van der Waals surface area (Å²) in [6.45, 7) is 0. The van der Waals surface area contributed by atoms with E-state index in [4.69, 9.17) is 32.6 Å². The van der Waals surface area contributed by atoms with Crippen molar-refractivity contribution in [2.45, 2.75) is 0 Å². The zero-order chi connectivity index (χ0) is 8.08. The highest BCUT2D eigenvalue weighted by Crippen LogP contribution is 1.59. The molecule has 0 aliphatic heterocycles. The van der Waals surface area contributed by atoms with Gasteiger partial charge >= 0.3 is 17.7 Å². The average Bonchev–Trinajstić information content (AvgIpc) is 1.19. The maximum atomic E-state index is 8.74. The van der Waals surface area contributed by atoms with E-state index in [-0.39, 0.29) is 0 Å². The Morgan fingerprint density at radius 1 is 1.00 bits per heavy atom. The third-order valence-corrected chi connectivity index (χ3v) is 0. The zero-order valence-corrected chi connectivity index (χ0v) is 4.85. The fourth-order valence-corrected chi connectivity index (χ4v) is 0. The molecule has 0 saturated carbocycles. The van der Waals surface area contributed by atoms with Gasteiger partial charge in [0.1, 0.15) is 0 Å². The van der Waals surface area contributed by atoms with Gasteiger partial charge in [-0.3, -0.25) is 9.11 Å². The van der Waals surface area contributed by atoms with Crippen LogP contribution in [0.3, 0.4) is 0 Å². The van der Waals surface area contributed by atoms with Crippen molar-refractivity contribution >= 4 is 17.7 Å². The van der Waals surface area contributed by atoms with Gasteiger partial charge in [-0.05, 0) is 0 Å². The van der Waals surface area contributed by atoms with Crippen molar-refractivity contribution in [1.82, 2.24) is 0 Å². The summed E-state index contributed by atoms with van der Waals surface area (Å²) < 4.78 is 31.6. The smallest absolute Gasteiger partial charge is 0.402 e. The van der Waals surface area contributed by atoms with E-state index in [9.17, 15) is 0 Å². The molecule has 9 heavy (non-hydrogen) atoms. The van der Waals surface area contributed by atoms with Gasteiger partial charge in [-0.1, -0.05) is 0 Å². The Kier molecular flexibility index (Phi) is 6.02. The van der Waals surface area contributed by atoms with E-state index in [1.165, 1.54) is 0 Å². The van der Waals surface area contributed by atoms with Crippen molar-refractivity contribution in [3.63, 3.8) is 0 Å². The van der Waals surface area contributed by atoms with Crippen LogP contribution in [0.5, 0.6) is 0 Å². The van der Waals surface area contributed by atoms with Crippen molar-refractivity contribution < 1.29 is 32.6 Å². The fraction of sp³-hybridized carbons (Fsp3) is 0. The Labute approximate surface area is 51.3 Å². The van der Waals surface area contributed by atoms with Crippen LogP contribution in [-0.4, -0.2) is 39.9 Å². The molecule has 0 aromatic heterocycles. The van der Waals surface area contributed by atoms with E-state index in [0.717, 1.165) is 0 Å². The summed E-state index contributed by atoms with van der Waals surface area (Å²) in [5.74, 6) is 0. The highest BCUT2D eigenvalue weighted by Gasteiger charge is 1.92. The first-order valence-corrected chi connectivity index (χ1v) is 2.87. The van der Waals surface area contributed by atoms with Crippen LogP contribution in [-0.2, 0) is 10.4 Å². The quantitative estimate of drug-likeness (QED) is 0.192. The lowest BCUT2D eigenvalue weighted by molar-refractivity contribution is 0.278. The fourth-order valence-electron chi connectivity index (χ4n) is 0. The molecule has 0 heterocycles. The van der Waals surface area contributed by atoms with Gasteiger partial charge in [-0.15, -0.1) is 0 Å². The summed E-state index contributed by atoms with van der Waals surface area (Å²) in [5, 5.41) is 21.5. The van der Waals surface area contributed by atoms with Gasteiger partial charge in [0.15, 0.2) is 0 Å². The van der Waals surface area contributed by atoms with E-state index in [0.29, 0.717) is 0 Å². The lowest BCUT2D eigenvalue weighted by Gasteiger charge is -1.69. The third kappa shape index (κ3) is 7720. The normalized spacial score (nSPS) is 9.44. The lowest BCUT2D eigenvalue weighted by Crippen LogP contribution is -2.07. The van der Waals surface area contributed by atoms with Crippen LogP contribution in [0.15, 0.2) is 0 Å². The van der Waals surface area contributed by atoms with Crippen LogP contribution in [0.4, 0.5) is 0 Å². The molecule has 0 aliphatic rings. The highest BCUT2D eigenvalue weighted by molar-refractivity contribution is 7.79. The topological polar surface area (TPSA) is 135 Å². The van der Waals surface area contributed by atoms with Crippen LogP contribution in [0, 0.1) is 0 Å². The molecule has 0 aromatic rings. The molecule has 5 N–H and O–H groups in total. The molecule has 0 fully saturated rings. The second-order valence-electron chi connectivity index (χ2n) is 0.794. The summed E-state index contributed by atoms with van der Waals surface area (Å²) in [5.41, 5.74) is 0. The Bertz CT molecular complexity index is 120. The summed E-state index contributed by atoms with van der Waals surface area (Å²) in [6, 6.07) is 0. The number of rotatable bonds is 0.